The maximum absolute atomic E-state index is 12.2. The van der Waals surface area contributed by atoms with Crippen molar-refractivity contribution in [2.75, 3.05) is 0 Å². The highest BCUT2D eigenvalue weighted by molar-refractivity contribution is 6.07. The number of nitrogens with zero attached hydrogens (tertiary/aromatic N) is 1. The topological polar surface area (TPSA) is 90.0 Å². The maximum Gasteiger partial charge on any atom is 0.417 e. The summed E-state index contributed by atoms with van der Waals surface area (Å²) in [5.74, 6) is -2.19. The number of amides is 2. The zero-order valence-corrected chi connectivity index (χ0v) is 13.8. The molecule has 0 aromatic rings. The van der Waals surface area contributed by atoms with E-state index in [9.17, 15) is 19.2 Å². The van der Waals surface area contributed by atoms with Gasteiger partial charge >= 0.3 is 12.1 Å². The number of likely N-dealkylation sites (tertiary alicyclic amines) is 1. The molecule has 7 heteroatoms. The molecular weight excluding hydrogens is 290 g/mol. The van der Waals surface area contributed by atoms with Crippen molar-refractivity contribution in [3.05, 3.63) is 0 Å². The van der Waals surface area contributed by atoms with Gasteiger partial charge in [0.25, 0.3) is 0 Å². The Balaban J connectivity index is 2.95. The molecule has 2 amide bonds. The van der Waals surface area contributed by atoms with E-state index in [2.05, 4.69) is 0 Å². The van der Waals surface area contributed by atoms with Gasteiger partial charge in [-0.2, -0.15) is 0 Å². The summed E-state index contributed by atoms with van der Waals surface area (Å²) in [6.07, 6.45) is -0.496. The van der Waals surface area contributed by atoms with Crippen molar-refractivity contribution in [2.45, 2.75) is 65.2 Å². The lowest BCUT2D eigenvalue weighted by Crippen LogP contribution is -2.67. The lowest BCUT2D eigenvalue weighted by atomic mass is 9.85. The van der Waals surface area contributed by atoms with Gasteiger partial charge in [0.1, 0.15) is 17.5 Å². The molecule has 124 valence electrons. The molecule has 0 unspecified atom stereocenters. The van der Waals surface area contributed by atoms with Crippen LogP contribution in [-0.2, 0) is 23.9 Å². The summed E-state index contributed by atoms with van der Waals surface area (Å²) in [6, 6.07) is -1.12. The SMILES string of the molecule is CC(C)(C)OC(=O)[C@@H]1[C@H](CC=O)C(=O)N1C(=O)OC(C)(C)C. The third-order valence-corrected chi connectivity index (χ3v) is 2.80. The summed E-state index contributed by atoms with van der Waals surface area (Å²) in [5, 5.41) is 0. The summed E-state index contributed by atoms with van der Waals surface area (Å²) in [6.45, 7) is 10.00. The predicted octanol–water partition coefficient (Wildman–Crippen LogP) is 1.68. The van der Waals surface area contributed by atoms with E-state index in [1.54, 1.807) is 41.5 Å². The second-order valence-electron chi connectivity index (χ2n) is 7.18. The van der Waals surface area contributed by atoms with Crippen LogP contribution < -0.4 is 0 Å². The Hall–Kier alpha value is -1.92. The second-order valence-corrected chi connectivity index (χ2v) is 7.18. The van der Waals surface area contributed by atoms with Gasteiger partial charge < -0.3 is 14.3 Å². The molecule has 0 aromatic carbocycles. The summed E-state index contributed by atoms with van der Waals surface area (Å²) >= 11 is 0. The van der Waals surface area contributed by atoms with Crippen LogP contribution in [0.1, 0.15) is 48.0 Å². The molecule has 22 heavy (non-hydrogen) atoms. The molecule has 0 saturated carbocycles. The molecule has 1 heterocycles. The van der Waals surface area contributed by atoms with Crippen molar-refractivity contribution in [3.8, 4) is 0 Å². The number of carbonyl (C=O) groups excluding carboxylic acids is 4. The van der Waals surface area contributed by atoms with Crippen molar-refractivity contribution in [1.29, 1.82) is 0 Å². The zero-order chi connectivity index (χ0) is 17.3. The quantitative estimate of drug-likeness (QED) is 0.447. The fraction of sp³-hybridized carbons (Fsp3) is 0.733. The fourth-order valence-corrected chi connectivity index (χ4v) is 2.03. The largest absolute Gasteiger partial charge is 0.458 e. The van der Waals surface area contributed by atoms with Gasteiger partial charge in [-0.05, 0) is 41.5 Å². The van der Waals surface area contributed by atoms with Crippen LogP contribution in [0.15, 0.2) is 0 Å². The molecule has 0 aliphatic carbocycles. The van der Waals surface area contributed by atoms with E-state index in [1.807, 2.05) is 0 Å². The number of hydrogen-bond acceptors (Lipinski definition) is 6. The Bertz CT molecular complexity index is 485. The lowest BCUT2D eigenvalue weighted by Gasteiger charge is -2.43. The van der Waals surface area contributed by atoms with E-state index in [4.69, 9.17) is 9.47 Å². The molecule has 0 N–H and O–H groups in total. The second kappa shape index (κ2) is 6.06. The molecule has 2 atom stereocenters. The van der Waals surface area contributed by atoms with Crippen LogP contribution >= 0.6 is 0 Å². The third kappa shape index (κ3) is 4.29. The van der Waals surface area contributed by atoms with Crippen LogP contribution in [0.2, 0.25) is 0 Å². The minimum Gasteiger partial charge on any atom is -0.458 e. The molecular formula is C15H23NO6. The molecule has 7 nitrogen and oxygen atoms in total. The number of esters is 1. The van der Waals surface area contributed by atoms with Crippen molar-refractivity contribution >= 4 is 24.3 Å². The van der Waals surface area contributed by atoms with E-state index in [-0.39, 0.29) is 6.42 Å². The van der Waals surface area contributed by atoms with Crippen LogP contribution in [0.3, 0.4) is 0 Å². The predicted molar refractivity (Wildman–Crippen MR) is 76.9 cm³/mol. The van der Waals surface area contributed by atoms with Crippen molar-refractivity contribution in [3.63, 3.8) is 0 Å². The van der Waals surface area contributed by atoms with Gasteiger partial charge in [0.05, 0.1) is 5.92 Å². The number of ether oxygens (including phenoxy) is 2. The fourth-order valence-electron chi connectivity index (χ4n) is 2.03. The average Bonchev–Trinajstić information content (AvgIpc) is 2.27. The van der Waals surface area contributed by atoms with E-state index >= 15 is 0 Å². The Labute approximate surface area is 129 Å². The lowest BCUT2D eigenvalue weighted by molar-refractivity contribution is -0.179. The maximum atomic E-state index is 12.2. The number of imide groups is 1. The first-order valence-electron chi connectivity index (χ1n) is 7.10. The number of carbonyl (C=O) groups is 4. The normalized spacial score (nSPS) is 21.9. The van der Waals surface area contributed by atoms with E-state index in [1.165, 1.54) is 0 Å². The Morgan fingerprint density at radius 3 is 2.00 bits per heavy atom. The number of rotatable bonds is 3. The number of aldehydes is 1. The summed E-state index contributed by atoms with van der Waals surface area (Å²) in [5.41, 5.74) is -1.56. The van der Waals surface area contributed by atoms with Crippen LogP contribution in [0.5, 0.6) is 0 Å². The van der Waals surface area contributed by atoms with Crippen molar-refractivity contribution in [2.24, 2.45) is 5.92 Å². The highest BCUT2D eigenvalue weighted by atomic mass is 16.6. The molecule has 1 saturated heterocycles. The summed E-state index contributed by atoms with van der Waals surface area (Å²) in [7, 11) is 0. The first kappa shape index (κ1) is 18.1. The summed E-state index contributed by atoms with van der Waals surface area (Å²) in [4.78, 5) is 47.7. The first-order valence-corrected chi connectivity index (χ1v) is 7.10. The highest BCUT2D eigenvalue weighted by Gasteiger charge is 2.56. The van der Waals surface area contributed by atoms with E-state index in [0.717, 1.165) is 4.90 Å². The van der Waals surface area contributed by atoms with Gasteiger partial charge in [0.2, 0.25) is 5.91 Å². The third-order valence-electron chi connectivity index (χ3n) is 2.80. The minimum atomic E-state index is -1.12. The van der Waals surface area contributed by atoms with Gasteiger partial charge in [-0.3, -0.25) is 4.79 Å². The molecule has 1 aliphatic rings. The highest BCUT2D eigenvalue weighted by Crippen LogP contribution is 2.32. The van der Waals surface area contributed by atoms with Crippen LogP contribution in [-0.4, -0.2) is 46.4 Å². The standard InChI is InChI=1S/C15H23NO6/c1-14(2,3)21-12(19)10-9(7-8-17)11(18)16(10)13(20)22-15(4,5)6/h8-10H,7H2,1-6H3/t9-,10-/m0/s1. The molecule has 0 spiro atoms. The average molecular weight is 313 g/mol. The Morgan fingerprint density at radius 2 is 1.59 bits per heavy atom. The van der Waals surface area contributed by atoms with E-state index in [0.29, 0.717) is 6.29 Å². The van der Waals surface area contributed by atoms with Crippen molar-refractivity contribution in [1.82, 2.24) is 4.90 Å². The number of hydrogen-bond donors (Lipinski definition) is 0. The smallest absolute Gasteiger partial charge is 0.417 e. The molecule has 1 aliphatic heterocycles. The van der Waals surface area contributed by atoms with Gasteiger partial charge in [0.15, 0.2) is 6.04 Å². The Morgan fingerprint density at radius 1 is 1.09 bits per heavy atom. The van der Waals surface area contributed by atoms with Gasteiger partial charge in [0, 0.05) is 6.42 Å². The van der Waals surface area contributed by atoms with Crippen LogP contribution in [0, 0.1) is 5.92 Å². The van der Waals surface area contributed by atoms with Crippen LogP contribution in [0.25, 0.3) is 0 Å². The van der Waals surface area contributed by atoms with Crippen LogP contribution in [0.4, 0.5) is 4.79 Å². The van der Waals surface area contributed by atoms with Gasteiger partial charge in [-0.25, -0.2) is 14.5 Å². The first-order chi connectivity index (χ1) is 9.87. The minimum absolute atomic E-state index is 0.137. The molecule has 1 fully saturated rings. The molecule has 1 rings (SSSR count). The number of β-lactam (4-membered cyclic amide) rings is 1. The van der Waals surface area contributed by atoms with Gasteiger partial charge in [-0.1, -0.05) is 0 Å². The molecule has 0 aromatic heterocycles. The van der Waals surface area contributed by atoms with E-state index < -0.39 is 41.1 Å². The zero-order valence-electron chi connectivity index (χ0n) is 13.8. The summed E-state index contributed by atoms with van der Waals surface area (Å²) < 4.78 is 10.3. The Kier molecular flexibility index (Phi) is 4.99. The molecule has 0 radical (unpaired) electrons. The monoisotopic (exact) mass is 313 g/mol. The molecule has 0 bridgehead atoms. The van der Waals surface area contributed by atoms with Crippen molar-refractivity contribution < 1.29 is 28.7 Å². The van der Waals surface area contributed by atoms with Gasteiger partial charge in [-0.15, -0.1) is 0 Å².